The SMILES string of the molecule is CN1CCCC(C2CCNc3ccc(F)cc32)C1. The van der Waals surface area contributed by atoms with E-state index in [2.05, 4.69) is 17.3 Å². The highest BCUT2D eigenvalue weighted by atomic mass is 19.1. The van der Waals surface area contributed by atoms with E-state index in [1.54, 1.807) is 12.1 Å². The summed E-state index contributed by atoms with van der Waals surface area (Å²) in [6.07, 6.45) is 3.69. The molecule has 1 fully saturated rings. The largest absolute Gasteiger partial charge is 0.385 e. The van der Waals surface area contributed by atoms with Gasteiger partial charge in [0.25, 0.3) is 0 Å². The van der Waals surface area contributed by atoms with Crippen molar-refractivity contribution in [2.45, 2.75) is 25.2 Å². The summed E-state index contributed by atoms with van der Waals surface area (Å²) < 4.78 is 13.5. The Hall–Kier alpha value is -1.09. The fourth-order valence-electron chi connectivity index (χ4n) is 3.54. The monoisotopic (exact) mass is 248 g/mol. The molecule has 2 aliphatic rings. The molecule has 2 heterocycles. The molecule has 0 saturated carbocycles. The zero-order valence-electron chi connectivity index (χ0n) is 11.0. The lowest BCUT2D eigenvalue weighted by Gasteiger charge is -2.38. The molecule has 0 spiro atoms. The topological polar surface area (TPSA) is 15.3 Å². The summed E-state index contributed by atoms with van der Waals surface area (Å²) in [6.45, 7) is 3.38. The Kier molecular flexibility index (Phi) is 3.25. The highest BCUT2D eigenvalue weighted by Crippen LogP contribution is 2.40. The average Bonchev–Trinajstić information content (AvgIpc) is 2.38. The Morgan fingerprint density at radius 1 is 1.33 bits per heavy atom. The number of fused-ring (bicyclic) bond motifs is 1. The number of piperidine rings is 1. The van der Waals surface area contributed by atoms with Crippen LogP contribution in [0.15, 0.2) is 18.2 Å². The summed E-state index contributed by atoms with van der Waals surface area (Å²) in [6, 6.07) is 5.19. The average molecular weight is 248 g/mol. The van der Waals surface area contributed by atoms with E-state index in [4.69, 9.17) is 0 Å². The van der Waals surface area contributed by atoms with Crippen LogP contribution in [0, 0.1) is 11.7 Å². The molecule has 3 heteroatoms. The molecule has 98 valence electrons. The second-order valence-electron chi connectivity index (χ2n) is 5.72. The first kappa shape index (κ1) is 12.0. The summed E-state index contributed by atoms with van der Waals surface area (Å²) in [4.78, 5) is 2.41. The maximum Gasteiger partial charge on any atom is 0.123 e. The molecule has 2 atom stereocenters. The third-order valence-corrected chi connectivity index (χ3v) is 4.41. The number of hydrogen-bond donors (Lipinski definition) is 1. The van der Waals surface area contributed by atoms with Crippen molar-refractivity contribution in [3.8, 4) is 0 Å². The van der Waals surface area contributed by atoms with Crippen molar-refractivity contribution < 1.29 is 4.39 Å². The number of halogens is 1. The number of rotatable bonds is 1. The van der Waals surface area contributed by atoms with E-state index < -0.39 is 0 Å². The molecular weight excluding hydrogens is 227 g/mol. The Balaban J connectivity index is 1.88. The third kappa shape index (κ3) is 2.24. The summed E-state index contributed by atoms with van der Waals surface area (Å²) in [5.41, 5.74) is 2.34. The van der Waals surface area contributed by atoms with Gasteiger partial charge in [-0.3, -0.25) is 0 Å². The summed E-state index contributed by atoms with van der Waals surface area (Å²) in [5.74, 6) is 1.11. The van der Waals surface area contributed by atoms with Crippen LogP contribution in [0.1, 0.15) is 30.7 Å². The van der Waals surface area contributed by atoms with Gasteiger partial charge in [-0.1, -0.05) is 0 Å². The summed E-state index contributed by atoms with van der Waals surface area (Å²) >= 11 is 0. The fraction of sp³-hybridized carbons (Fsp3) is 0.600. The normalized spacial score (nSPS) is 28.6. The van der Waals surface area contributed by atoms with Gasteiger partial charge in [0.05, 0.1) is 0 Å². The number of nitrogens with zero attached hydrogens (tertiary/aromatic N) is 1. The highest BCUT2D eigenvalue weighted by molar-refractivity contribution is 5.55. The number of likely N-dealkylation sites (tertiary alicyclic amines) is 1. The van der Waals surface area contributed by atoms with Gasteiger partial charge >= 0.3 is 0 Å². The van der Waals surface area contributed by atoms with Crippen LogP contribution in [0.4, 0.5) is 10.1 Å². The van der Waals surface area contributed by atoms with E-state index in [1.165, 1.54) is 24.9 Å². The summed E-state index contributed by atoms with van der Waals surface area (Å²) in [5, 5.41) is 3.39. The van der Waals surface area contributed by atoms with Crippen molar-refractivity contribution in [3.63, 3.8) is 0 Å². The standard InChI is InChI=1S/C15H21FN2/c1-18-8-2-3-11(10-18)13-6-7-17-15-5-4-12(16)9-14(13)15/h4-5,9,11,13,17H,2-3,6-8,10H2,1H3. The van der Waals surface area contributed by atoms with Crippen molar-refractivity contribution in [2.75, 3.05) is 32.0 Å². The van der Waals surface area contributed by atoms with Crippen LogP contribution in [0.25, 0.3) is 0 Å². The lowest BCUT2D eigenvalue weighted by molar-refractivity contribution is 0.183. The van der Waals surface area contributed by atoms with Crippen LogP contribution in [0.3, 0.4) is 0 Å². The smallest absolute Gasteiger partial charge is 0.123 e. The zero-order valence-corrected chi connectivity index (χ0v) is 11.0. The first-order chi connectivity index (χ1) is 8.74. The molecule has 2 aliphatic heterocycles. The Labute approximate surface area is 108 Å². The molecule has 18 heavy (non-hydrogen) atoms. The van der Waals surface area contributed by atoms with Crippen molar-refractivity contribution in [2.24, 2.45) is 5.92 Å². The van der Waals surface area contributed by atoms with E-state index in [0.717, 1.165) is 25.2 Å². The second-order valence-corrected chi connectivity index (χ2v) is 5.72. The zero-order chi connectivity index (χ0) is 12.5. The molecule has 3 rings (SSSR count). The molecule has 0 bridgehead atoms. The van der Waals surface area contributed by atoms with E-state index in [0.29, 0.717) is 11.8 Å². The number of anilines is 1. The van der Waals surface area contributed by atoms with Gasteiger partial charge in [0.2, 0.25) is 0 Å². The van der Waals surface area contributed by atoms with Gasteiger partial charge in [0.15, 0.2) is 0 Å². The first-order valence-corrected chi connectivity index (χ1v) is 6.96. The highest BCUT2D eigenvalue weighted by Gasteiger charge is 2.30. The van der Waals surface area contributed by atoms with Crippen molar-refractivity contribution in [3.05, 3.63) is 29.6 Å². The minimum absolute atomic E-state index is 0.105. The van der Waals surface area contributed by atoms with E-state index in [-0.39, 0.29) is 5.82 Å². The van der Waals surface area contributed by atoms with Crippen molar-refractivity contribution in [1.29, 1.82) is 0 Å². The van der Waals surface area contributed by atoms with Crippen LogP contribution in [0.2, 0.25) is 0 Å². The maximum absolute atomic E-state index is 13.5. The predicted molar refractivity (Wildman–Crippen MR) is 72.5 cm³/mol. The number of hydrogen-bond acceptors (Lipinski definition) is 2. The van der Waals surface area contributed by atoms with Gasteiger partial charge in [-0.2, -0.15) is 0 Å². The lowest BCUT2D eigenvalue weighted by Crippen LogP contribution is -2.36. The van der Waals surface area contributed by atoms with E-state index in [1.807, 2.05) is 6.07 Å². The van der Waals surface area contributed by atoms with Crippen molar-refractivity contribution >= 4 is 5.69 Å². The Bertz CT molecular complexity index is 433. The van der Waals surface area contributed by atoms with Crippen LogP contribution >= 0.6 is 0 Å². The van der Waals surface area contributed by atoms with Gasteiger partial charge in [-0.25, -0.2) is 4.39 Å². The van der Waals surface area contributed by atoms with Gasteiger partial charge < -0.3 is 10.2 Å². The lowest BCUT2D eigenvalue weighted by atomic mass is 9.77. The molecule has 0 amide bonds. The van der Waals surface area contributed by atoms with Crippen LogP contribution in [-0.4, -0.2) is 31.6 Å². The number of benzene rings is 1. The van der Waals surface area contributed by atoms with Gasteiger partial charge in [0.1, 0.15) is 5.82 Å². The second kappa shape index (κ2) is 4.88. The fourth-order valence-corrected chi connectivity index (χ4v) is 3.54. The van der Waals surface area contributed by atoms with Gasteiger partial charge in [-0.05, 0) is 68.5 Å². The molecule has 1 aromatic carbocycles. The molecule has 0 radical (unpaired) electrons. The quantitative estimate of drug-likeness (QED) is 0.821. The van der Waals surface area contributed by atoms with E-state index in [9.17, 15) is 4.39 Å². The Morgan fingerprint density at radius 2 is 2.22 bits per heavy atom. The molecule has 1 N–H and O–H groups in total. The van der Waals surface area contributed by atoms with Crippen LogP contribution in [-0.2, 0) is 0 Å². The van der Waals surface area contributed by atoms with Gasteiger partial charge in [0, 0.05) is 18.8 Å². The first-order valence-electron chi connectivity index (χ1n) is 6.96. The van der Waals surface area contributed by atoms with Crippen LogP contribution < -0.4 is 5.32 Å². The molecule has 0 aromatic heterocycles. The molecule has 1 saturated heterocycles. The minimum Gasteiger partial charge on any atom is -0.385 e. The summed E-state index contributed by atoms with van der Waals surface area (Å²) in [7, 11) is 2.19. The maximum atomic E-state index is 13.5. The minimum atomic E-state index is -0.105. The molecule has 1 aromatic rings. The molecule has 0 aliphatic carbocycles. The van der Waals surface area contributed by atoms with Crippen LogP contribution in [0.5, 0.6) is 0 Å². The Morgan fingerprint density at radius 3 is 3.06 bits per heavy atom. The predicted octanol–water partition coefficient (Wildman–Crippen LogP) is 3.07. The molecular formula is C15H21FN2. The number of nitrogens with one attached hydrogen (secondary N) is 1. The van der Waals surface area contributed by atoms with E-state index >= 15 is 0 Å². The molecule has 2 unspecified atom stereocenters. The van der Waals surface area contributed by atoms with Gasteiger partial charge in [-0.15, -0.1) is 0 Å². The van der Waals surface area contributed by atoms with Crippen molar-refractivity contribution in [1.82, 2.24) is 4.90 Å². The molecule has 2 nitrogen and oxygen atoms in total. The third-order valence-electron chi connectivity index (χ3n) is 4.41.